The van der Waals surface area contributed by atoms with Gasteiger partial charge in [-0.1, -0.05) is 0 Å². The molecule has 1 aliphatic heterocycles. The molecule has 12 heavy (non-hydrogen) atoms. The molecule has 1 unspecified atom stereocenters. The molecule has 4 heteroatoms. The van der Waals surface area contributed by atoms with Crippen molar-refractivity contribution < 1.29 is 14.3 Å². The third kappa shape index (κ3) is 1.20. The summed E-state index contributed by atoms with van der Waals surface area (Å²) in [5.41, 5.74) is -1.97. The van der Waals surface area contributed by atoms with Crippen molar-refractivity contribution in [2.45, 2.75) is 31.0 Å². The van der Waals surface area contributed by atoms with Crippen LogP contribution in [-0.2, 0) is 4.79 Å². The Bertz CT molecular complexity index is 217. The minimum absolute atomic E-state index is 0.0903. The Morgan fingerprint density at radius 2 is 2.25 bits per heavy atom. The topological polar surface area (TPSA) is 40.5 Å². The van der Waals surface area contributed by atoms with Crippen LogP contribution in [-0.4, -0.2) is 40.8 Å². The molecule has 1 atom stereocenters. The monoisotopic (exact) mass is 173 g/mol. The van der Waals surface area contributed by atoms with Crippen LogP contribution in [0.4, 0.5) is 4.39 Å². The van der Waals surface area contributed by atoms with E-state index in [1.54, 1.807) is 0 Å². The lowest BCUT2D eigenvalue weighted by molar-refractivity contribution is -0.149. The van der Waals surface area contributed by atoms with E-state index < -0.39 is 11.6 Å². The summed E-state index contributed by atoms with van der Waals surface area (Å²) < 4.78 is 13.4. The smallest absolute Gasteiger partial charge is 0.342 e. The van der Waals surface area contributed by atoms with Gasteiger partial charge in [0.15, 0.2) is 0 Å². The Kier molecular flexibility index (Phi) is 1.61. The van der Waals surface area contributed by atoms with Crippen molar-refractivity contribution in [1.82, 2.24) is 4.90 Å². The summed E-state index contributed by atoms with van der Waals surface area (Å²) in [6.07, 6.45) is 2.37. The number of carboxylic acid groups (broad SMARTS) is 1. The van der Waals surface area contributed by atoms with E-state index in [1.807, 2.05) is 4.90 Å². The second-order valence-corrected chi connectivity index (χ2v) is 3.72. The van der Waals surface area contributed by atoms with Crippen LogP contribution >= 0.6 is 0 Å². The number of halogens is 1. The second kappa shape index (κ2) is 2.42. The molecule has 0 aromatic rings. The minimum atomic E-state index is -1.97. The van der Waals surface area contributed by atoms with Crippen molar-refractivity contribution in [2.24, 2.45) is 0 Å². The number of likely N-dealkylation sites (tertiary alicyclic amines) is 1. The maximum Gasteiger partial charge on any atom is 0.342 e. The molecule has 0 radical (unpaired) electrons. The van der Waals surface area contributed by atoms with Crippen LogP contribution in [0.1, 0.15) is 19.3 Å². The summed E-state index contributed by atoms with van der Waals surface area (Å²) in [7, 11) is 0. The lowest BCUT2D eigenvalue weighted by atomic mass is 10.1. The first kappa shape index (κ1) is 7.98. The number of rotatable bonds is 2. The standard InChI is InChI=1S/C8H12FNO2/c9-8(7(11)12)3-4-10(5-8)6-1-2-6/h6H,1-5H2,(H,11,12). The molecule has 0 aromatic carbocycles. The van der Waals surface area contributed by atoms with Gasteiger partial charge in [0.2, 0.25) is 5.67 Å². The largest absolute Gasteiger partial charge is 0.479 e. The van der Waals surface area contributed by atoms with Gasteiger partial charge in [0.05, 0.1) is 0 Å². The fraction of sp³-hybridized carbons (Fsp3) is 0.875. The van der Waals surface area contributed by atoms with Gasteiger partial charge in [0.1, 0.15) is 0 Å². The Balaban J connectivity index is 1.99. The van der Waals surface area contributed by atoms with Gasteiger partial charge in [0, 0.05) is 25.6 Å². The maximum atomic E-state index is 13.4. The summed E-state index contributed by atoms with van der Waals surface area (Å²) in [5, 5.41) is 8.59. The Labute approximate surface area is 70.2 Å². The lowest BCUT2D eigenvalue weighted by Gasteiger charge is -2.16. The molecule has 0 aromatic heterocycles. The summed E-state index contributed by atoms with van der Waals surface area (Å²) in [4.78, 5) is 12.5. The first-order valence-electron chi connectivity index (χ1n) is 4.28. The van der Waals surface area contributed by atoms with Crippen molar-refractivity contribution in [3.8, 4) is 0 Å². The molecule has 2 fully saturated rings. The van der Waals surface area contributed by atoms with Gasteiger partial charge in [0.25, 0.3) is 0 Å². The number of hydrogen-bond donors (Lipinski definition) is 1. The Hall–Kier alpha value is -0.640. The van der Waals surface area contributed by atoms with E-state index in [0.717, 1.165) is 12.8 Å². The first-order chi connectivity index (χ1) is 5.62. The highest BCUT2D eigenvalue weighted by molar-refractivity contribution is 5.78. The predicted molar refractivity (Wildman–Crippen MR) is 40.7 cm³/mol. The Morgan fingerprint density at radius 1 is 1.58 bits per heavy atom. The van der Waals surface area contributed by atoms with E-state index in [4.69, 9.17) is 5.11 Å². The second-order valence-electron chi connectivity index (χ2n) is 3.72. The highest BCUT2D eigenvalue weighted by atomic mass is 19.1. The van der Waals surface area contributed by atoms with Crippen LogP contribution in [0.25, 0.3) is 0 Å². The molecule has 2 aliphatic rings. The molecule has 0 amide bonds. The summed E-state index contributed by atoms with van der Waals surface area (Å²) >= 11 is 0. The van der Waals surface area contributed by atoms with E-state index in [2.05, 4.69) is 0 Å². The van der Waals surface area contributed by atoms with Crippen LogP contribution < -0.4 is 0 Å². The van der Waals surface area contributed by atoms with E-state index >= 15 is 0 Å². The minimum Gasteiger partial charge on any atom is -0.479 e. The average Bonchev–Trinajstić information content (AvgIpc) is 2.76. The zero-order chi connectivity index (χ0) is 8.77. The van der Waals surface area contributed by atoms with Gasteiger partial charge in [-0.25, -0.2) is 9.18 Å². The molecule has 0 bridgehead atoms. The van der Waals surface area contributed by atoms with Gasteiger partial charge >= 0.3 is 5.97 Å². The van der Waals surface area contributed by atoms with Crippen LogP contribution in [0, 0.1) is 0 Å². The average molecular weight is 173 g/mol. The van der Waals surface area contributed by atoms with Crippen molar-refractivity contribution in [2.75, 3.05) is 13.1 Å². The summed E-state index contributed by atoms with van der Waals surface area (Å²) in [6.45, 7) is 0.695. The molecule has 1 N–H and O–H groups in total. The van der Waals surface area contributed by atoms with Crippen molar-refractivity contribution in [1.29, 1.82) is 0 Å². The molecule has 1 aliphatic carbocycles. The number of carbonyl (C=O) groups is 1. The van der Waals surface area contributed by atoms with Crippen molar-refractivity contribution >= 4 is 5.97 Å². The Morgan fingerprint density at radius 3 is 2.67 bits per heavy atom. The highest BCUT2D eigenvalue weighted by Gasteiger charge is 2.48. The van der Waals surface area contributed by atoms with E-state index in [9.17, 15) is 9.18 Å². The summed E-state index contributed by atoms with van der Waals surface area (Å²) in [5.74, 6) is -1.30. The van der Waals surface area contributed by atoms with Crippen LogP contribution in [0.5, 0.6) is 0 Å². The van der Waals surface area contributed by atoms with Crippen LogP contribution in [0.3, 0.4) is 0 Å². The predicted octanol–water partition coefficient (Wildman–Crippen LogP) is 0.647. The van der Waals surface area contributed by atoms with Gasteiger partial charge in [-0.05, 0) is 12.8 Å². The normalized spacial score (nSPS) is 37.1. The molecule has 1 heterocycles. The summed E-state index contributed by atoms with van der Waals surface area (Å²) in [6, 6.07) is 0.474. The molecule has 1 saturated carbocycles. The molecule has 2 rings (SSSR count). The van der Waals surface area contributed by atoms with Crippen molar-refractivity contribution in [3.63, 3.8) is 0 Å². The fourth-order valence-corrected chi connectivity index (χ4v) is 1.73. The molecular weight excluding hydrogens is 161 g/mol. The molecule has 68 valence electrons. The van der Waals surface area contributed by atoms with Gasteiger partial charge < -0.3 is 5.11 Å². The van der Waals surface area contributed by atoms with Crippen molar-refractivity contribution in [3.05, 3.63) is 0 Å². The number of aliphatic carboxylic acids is 1. The SMILES string of the molecule is O=C(O)C1(F)CCN(C2CC2)C1. The third-order valence-electron chi connectivity index (χ3n) is 2.70. The lowest BCUT2D eigenvalue weighted by Crippen LogP contribution is -2.37. The first-order valence-corrected chi connectivity index (χ1v) is 4.28. The van der Waals surface area contributed by atoms with Gasteiger partial charge in [-0.15, -0.1) is 0 Å². The number of nitrogens with zero attached hydrogens (tertiary/aromatic N) is 1. The number of alkyl halides is 1. The van der Waals surface area contributed by atoms with Gasteiger partial charge in [-0.3, -0.25) is 4.90 Å². The van der Waals surface area contributed by atoms with E-state index in [0.29, 0.717) is 12.6 Å². The number of hydrogen-bond acceptors (Lipinski definition) is 2. The number of carboxylic acids is 1. The van der Waals surface area contributed by atoms with Gasteiger partial charge in [-0.2, -0.15) is 0 Å². The van der Waals surface area contributed by atoms with Crippen LogP contribution in [0.2, 0.25) is 0 Å². The molecule has 3 nitrogen and oxygen atoms in total. The quantitative estimate of drug-likeness (QED) is 0.666. The highest BCUT2D eigenvalue weighted by Crippen LogP contribution is 2.35. The molecule has 1 saturated heterocycles. The fourth-order valence-electron chi connectivity index (χ4n) is 1.73. The van der Waals surface area contributed by atoms with E-state index in [-0.39, 0.29) is 13.0 Å². The third-order valence-corrected chi connectivity index (χ3v) is 2.70. The van der Waals surface area contributed by atoms with Crippen LogP contribution in [0.15, 0.2) is 0 Å². The molecular formula is C8H12FNO2. The zero-order valence-electron chi connectivity index (χ0n) is 6.79. The van der Waals surface area contributed by atoms with E-state index in [1.165, 1.54) is 0 Å². The molecule has 0 spiro atoms. The maximum absolute atomic E-state index is 13.4. The zero-order valence-corrected chi connectivity index (χ0v) is 6.79.